The van der Waals surface area contributed by atoms with Gasteiger partial charge in [-0.3, -0.25) is 14.7 Å². The molecule has 134 valence electrons. The average Bonchev–Trinajstić information content (AvgIpc) is 3.33. The number of aliphatic imine (C=N–C) groups is 1. The number of nitrogens with zero attached hydrogens (tertiary/aromatic N) is 2. The molecule has 0 aromatic heterocycles. The molecule has 3 N–H and O–H groups in total. The van der Waals surface area contributed by atoms with Gasteiger partial charge < -0.3 is 16.0 Å². The summed E-state index contributed by atoms with van der Waals surface area (Å²) in [7, 11) is 1.69. The zero-order valence-corrected chi connectivity index (χ0v) is 16.8. The molecule has 0 spiro atoms. The molecule has 1 aliphatic heterocycles. The Balaban J connectivity index is 0.00000264. The number of carbonyl (C=O) groups excluding carboxylic acids is 1. The molecular formula is C16H32IN5O. The van der Waals surface area contributed by atoms with Crippen molar-refractivity contribution in [1.82, 2.24) is 20.9 Å². The largest absolute Gasteiger partial charge is 0.358 e. The van der Waals surface area contributed by atoms with Crippen molar-refractivity contribution in [1.29, 1.82) is 0 Å². The number of halogens is 1. The summed E-state index contributed by atoms with van der Waals surface area (Å²) in [5.74, 6) is 1.98. The van der Waals surface area contributed by atoms with Crippen molar-refractivity contribution in [2.24, 2.45) is 10.9 Å². The third-order valence-corrected chi connectivity index (χ3v) is 4.42. The first-order valence-corrected chi connectivity index (χ1v) is 8.69. The minimum atomic E-state index is 0. The molecule has 23 heavy (non-hydrogen) atoms. The summed E-state index contributed by atoms with van der Waals surface area (Å²) >= 11 is 0. The maximum atomic E-state index is 11.4. The van der Waals surface area contributed by atoms with Gasteiger partial charge in [-0.2, -0.15) is 0 Å². The fourth-order valence-electron chi connectivity index (χ4n) is 2.80. The van der Waals surface area contributed by atoms with Crippen molar-refractivity contribution in [3.8, 4) is 0 Å². The van der Waals surface area contributed by atoms with Crippen LogP contribution in [0.4, 0.5) is 0 Å². The Morgan fingerprint density at radius 2 is 1.91 bits per heavy atom. The second-order valence-corrected chi connectivity index (χ2v) is 6.36. The third kappa shape index (κ3) is 8.19. The molecule has 2 aliphatic rings. The van der Waals surface area contributed by atoms with E-state index in [0.29, 0.717) is 12.6 Å². The van der Waals surface area contributed by atoms with Gasteiger partial charge in [0.2, 0.25) is 5.91 Å². The summed E-state index contributed by atoms with van der Waals surface area (Å²) in [5, 5.41) is 9.57. The van der Waals surface area contributed by atoms with Crippen LogP contribution >= 0.6 is 24.0 Å². The molecule has 1 heterocycles. The van der Waals surface area contributed by atoms with Gasteiger partial charge in [-0.25, -0.2) is 0 Å². The summed E-state index contributed by atoms with van der Waals surface area (Å²) in [4.78, 5) is 18.3. The van der Waals surface area contributed by atoms with Crippen molar-refractivity contribution in [3.63, 3.8) is 0 Å². The third-order valence-electron chi connectivity index (χ3n) is 4.42. The van der Waals surface area contributed by atoms with E-state index < -0.39 is 0 Å². The van der Waals surface area contributed by atoms with E-state index in [2.05, 4.69) is 32.8 Å². The first kappa shape index (κ1) is 20.5. The Labute approximate surface area is 157 Å². The van der Waals surface area contributed by atoms with E-state index in [1.165, 1.54) is 19.3 Å². The quantitative estimate of drug-likeness (QED) is 0.318. The van der Waals surface area contributed by atoms with E-state index in [1.54, 1.807) is 7.05 Å². The maximum Gasteiger partial charge on any atom is 0.233 e. The number of rotatable bonds is 7. The van der Waals surface area contributed by atoms with Crippen molar-refractivity contribution in [3.05, 3.63) is 0 Å². The standard InChI is InChI=1S/C16H31N5O.HI/c1-3-18-16(19-9-6-13-4-5-13)20-14-7-10-21(11-8-14)12-15(22)17-2;/h13-14H,3-12H2,1-2H3,(H,17,22)(H2,18,19,20);1H. The summed E-state index contributed by atoms with van der Waals surface area (Å²) < 4.78 is 0. The molecule has 0 radical (unpaired) electrons. The monoisotopic (exact) mass is 437 g/mol. The molecule has 0 aromatic rings. The van der Waals surface area contributed by atoms with Crippen LogP contribution < -0.4 is 16.0 Å². The Morgan fingerprint density at radius 3 is 2.48 bits per heavy atom. The van der Waals surface area contributed by atoms with E-state index in [9.17, 15) is 4.79 Å². The van der Waals surface area contributed by atoms with Gasteiger partial charge in [0.15, 0.2) is 5.96 Å². The molecule has 2 fully saturated rings. The van der Waals surface area contributed by atoms with Crippen molar-refractivity contribution >= 4 is 35.8 Å². The highest BCUT2D eigenvalue weighted by atomic mass is 127. The van der Waals surface area contributed by atoms with Crippen LogP contribution in [-0.2, 0) is 4.79 Å². The second kappa shape index (κ2) is 11.1. The van der Waals surface area contributed by atoms with Crippen LogP contribution in [0.5, 0.6) is 0 Å². The minimum Gasteiger partial charge on any atom is -0.358 e. The van der Waals surface area contributed by atoms with E-state index in [4.69, 9.17) is 0 Å². The number of hydrogen-bond acceptors (Lipinski definition) is 3. The van der Waals surface area contributed by atoms with Gasteiger partial charge in [-0.05, 0) is 32.1 Å². The molecule has 0 unspecified atom stereocenters. The highest BCUT2D eigenvalue weighted by Gasteiger charge is 2.22. The van der Waals surface area contributed by atoms with Gasteiger partial charge in [-0.15, -0.1) is 24.0 Å². The fourth-order valence-corrected chi connectivity index (χ4v) is 2.80. The summed E-state index contributed by atoms with van der Waals surface area (Å²) in [6.45, 7) is 6.36. The van der Waals surface area contributed by atoms with E-state index in [-0.39, 0.29) is 29.9 Å². The molecule has 1 saturated carbocycles. The predicted octanol–water partition coefficient (Wildman–Crippen LogP) is 1.17. The molecule has 2 rings (SSSR count). The lowest BCUT2D eigenvalue weighted by molar-refractivity contribution is -0.122. The number of carbonyl (C=O) groups is 1. The normalized spacial score (nSPS) is 19.8. The Hall–Kier alpha value is -0.570. The van der Waals surface area contributed by atoms with Gasteiger partial charge >= 0.3 is 0 Å². The topological polar surface area (TPSA) is 68.8 Å². The van der Waals surface area contributed by atoms with Gasteiger partial charge in [0.25, 0.3) is 0 Å². The molecule has 6 nitrogen and oxygen atoms in total. The highest BCUT2D eigenvalue weighted by molar-refractivity contribution is 14.0. The SMILES string of the molecule is CCNC(=NCCC1CC1)NC1CCN(CC(=O)NC)CC1.I. The zero-order valence-electron chi connectivity index (χ0n) is 14.4. The van der Waals surface area contributed by atoms with E-state index in [0.717, 1.165) is 50.9 Å². The van der Waals surface area contributed by atoms with Gasteiger partial charge in [0.05, 0.1) is 6.54 Å². The van der Waals surface area contributed by atoms with Gasteiger partial charge in [0.1, 0.15) is 0 Å². The van der Waals surface area contributed by atoms with Crippen LogP contribution in [0.1, 0.15) is 39.0 Å². The maximum absolute atomic E-state index is 11.4. The van der Waals surface area contributed by atoms with Gasteiger partial charge in [-0.1, -0.05) is 12.8 Å². The summed E-state index contributed by atoms with van der Waals surface area (Å²) in [6, 6.07) is 0.458. The van der Waals surface area contributed by atoms with Crippen molar-refractivity contribution in [2.75, 3.05) is 39.8 Å². The Bertz CT molecular complexity index is 379. The fraction of sp³-hybridized carbons (Fsp3) is 0.875. The second-order valence-electron chi connectivity index (χ2n) is 6.36. The van der Waals surface area contributed by atoms with Crippen LogP contribution in [0.15, 0.2) is 4.99 Å². The molecular weight excluding hydrogens is 405 g/mol. The Kier molecular flexibility index (Phi) is 9.85. The van der Waals surface area contributed by atoms with Crippen LogP contribution in [-0.4, -0.2) is 62.6 Å². The molecule has 1 saturated heterocycles. The lowest BCUT2D eigenvalue weighted by Gasteiger charge is -2.32. The number of piperidine rings is 1. The summed E-state index contributed by atoms with van der Waals surface area (Å²) in [5.41, 5.74) is 0. The number of guanidine groups is 1. The minimum absolute atomic E-state index is 0. The van der Waals surface area contributed by atoms with Crippen LogP contribution in [0.3, 0.4) is 0 Å². The van der Waals surface area contributed by atoms with E-state index in [1.807, 2.05) is 0 Å². The molecule has 0 aromatic carbocycles. The molecule has 7 heteroatoms. The molecule has 1 amide bonds. The first-order chi connectivity index (χ1) is 10.7. The number of nitrogens with one attached hydrogen (secondary N) is 3. The highest BCUT2D eigenvalue weighted by Crippen LogP contribution is 2.32. The van der Waals surface area contributed by atoms with E-state index >= 15 is 0 Å². The van der Waals surface area contributed by atoms with Crippen LogP contribution in [0.2, 0.25) is 0 Å². The first-order valence-electron chi connectivity index (χ1n) is 8.69. The van der Waals surface area contributed by atoms with Gasteiger partial charge in [0, 0.05) is 39.3 Å². The van der Waals surface area contributed by atoms with Crippen LogP contribution in [0, 0.1) is 5.92 Å². The number of likely N-dealkylation sites (N-methyl/N-ethyl adjacent to an activating group) is 1. The van der Waals surface area contributed by atoms with Crippen LogP contribution in [0.25, 0.3) is 0 Å². The summed E-state index contributed by atoms with van der Waals surface area (Å²) in [6.07, 6.45) is 6.13. The molecule has 0 bridgehead atoms. The number of likely N-dealkylation sites (tertiary alicyclic amines) is 1. The van der Waals surface area contributed by atoms with Crippen molar-refractivity contribution < 1.29 is 4.79 Å². The lowest BCUT2D eigenvalue weighted by Crippen LogP contribution is -2.50. The lowest BCUT2D eigenvalue weighted by atomic mass is 10.1. The molecule has 0 atom stereocenters. The zero-order chi connectivity index (χ0) is 15.8. The molecule has 1 aliphatic carbocycles. The smallest absolute Gasteiger partial charge is 0.233 e. The number of amides is 1. The Morgan fingerprint density at radius 1 is 1.22 bits per heavy atom. The predicted molar refractivity (Wildman–Crippen MR) is 105 cm³/mol. The average molecular weight is 437 g/mol. The van der Waals surface area contributed by atoms with Crippen molar-refractivity contribution in [2.45, 2.75) is 45.1 Å². The number of hydrogen-bond donors (Lipinski definition) is 3.